The van der Waals surface area contributed by atoms with Crippen LogP contribution in [0, 0.1) is 5.82 Å². The number of hydrogen-bond acceptors (Lipinski definition) is 3. The number of likely N-dealkylation sites (tertiary alicyclic amines) is 1. The first-order chi connectivity index (χ1) is 14.9. The Bertz CT molecular complexity index is 900. The summed E-state index contributed by atoms with van der Waals surface area (Å²) in [5, 5.41) is 9.65. The summed E-state index contributed by atoms with van der Waals surface area (Å²) in [6, 6.07) is 15.0. The molecular weight excluding hydrogens is 415 g/mol. The van der Waals surface area contributed by atoms with Crippen LogP contribution >= 0.6 is 12.2 Å². The Hall–Kier alpha value is -3.00. The first-order valence-electron chi connectivity index (χ1n) is 10.3. The molecule has 0 saturated carbocycles. The van der Waals surface area contributed by atoms with Gasteiger partial charge >= 0.3 is 0 Å². The van der Waals surface area contributed by atoms with Crippen LogP contribution in [-0.4, -0.2) is 47.0 Å². The second-order valence-electron chi connectivity index (χ2n) is 7.65. The number of thiocarbonyl (C=S) groups is 1. The number of nitrogens with zero attached hydrogens (tertiary/aromatic N) is 1. The van der Waals surface area contributed by atoms with E-state index < -0.39 is 6.04 Å². The molecule has 0 bridgehead atoms. The molecule has 8 heteroatoms. The van der Waals surface area contributed by atoms with Crippen molar-refractivity contribution < 1.29 is 14.0 Å². The molecular formula is C23H27FN4O2S. The van der Waals surface area contributed by atoms with Crippen LogP contribution in [0.5, 0.6) is 0 Å². The van der Waals surface area contributed by atoms with Crippen LogP contribution in [-0.2, 0) is 16.0 Å². The summed E-state index contributed by atoms with van der Waals surface area (Å²) < 4.78 is 13.1. The summed E-state index contributed by atoms with van der Waals surface area (Å²) in [6.07, 6.45) is 1.81. The summed E-state index contributed by atoms with van der Waals surface area (Å²) in [6.45, 7) is 2.84. The third-order valence-electron chi connectivity index (χ3n) is 5.20. The topological polar surface area (TPSA) is 73.5 Å². The number of piperidine rings is 1. The van der Waals surface area contributed by atoms with Gasteiger partial charge in [0.2, 0.25) is 11.8 Å². The molecule has 31 heavy (non-hydrogen) atoms. The summed E-state index contributed by atoms with van der Waals surface area (Å²) >= 11 is 5.51. The number of benzene rings is 2. The zero-order valence-corrected chi connectivity index (χ0v) is 18.3. The number of hydrogen-bond donors (Lipinski definition) is 3. The van der Waals surface area contributed by atoms with Crippen molar-refractivity contribution in [2.45, 2.75) is 38.3 Å². The highest BCUT2D eigenvalue weighted by molar-refractivity contribution is 7.80. The Morgan fingerprint density at radius 2 is 1.74 bits per heavy atom. The average molecular weight is 443 g/mol. The number of anilines is 1. The van der Waals surface area contributed by atoms with Gasteiger partial charge in [0, 0.05) is 38.2 Å². The van der Waals surface area contributed by atoms with Crippen molar-refractivity contribution in [2.75, 3.05) is 18.4 Å². The fourth-order valence-corrected chi connectivity index (χ4v) is 3.86. The maximum absolute atomic E-state index is 13.1. The molecule has 6 nitrogen and oxygen atoms in total. The van der Waals surface area contributed by atoms with E-state index in [4.69, 9.17) is 12.2 Å². The molecule has 1 unspecified atom stereocenters. The van der Waals surface area contributed by atoms with E-state index in [1.54, 1.807) is 12.1 Å². The van der Waals surface area contributed by atoms with E-state index in [0.29, 0.717) is 11.5 Å². The van der Waals surface area contributed by atoms with E-state index in [0.717, 1.165) is 37.2 Å². The standard InChI is InChI=1S/C23H27FN4O2S/c1-16(29)25-21(15-17-7-9-18(24)10-8-17)22(30)26-20-11-13-28(14-12-20)23(31)27-19-5-3-2-4-6-19/h2-10,20-21H,11-15H2,1H3,(H,25,29)(H,26,30)(H,27,31). The highest BCUT2D eigenvalue weighted by Crippen LogP contribution is 2.14. The quantitative estimate of drug-likeness (QED) is 0.600. The highest BCUT2D eigenvalue weighted by Gasteiger charge is 2.26. The average Bonchev–Trinajstić information content (AvgIpc) is 2.75. The number of amides is 2. The fraction of sp³-hybridized carbons (Fsp3) is 0.348. The van der Waals surface area contributed by atoms with Crippen molar-refractivity contribution in [3.8, 4) is 0 Å². The molecule has 0 spiro atoms. The zero-order valence-electron chi connectivity index (χ0n) is 17.4. The van der Waals surface area contributed by atoms with Crippen molar-refractivity contribution in [3.63, 3.8) is 0 Å². The normalized spacial score (nSPS) is 15.1. The smallest absolute Gasteiger partial charge is 0.243 e. The predicted octanol–water partition coefficient (Wildman–Crippen LogP) is 2.85. The lowest BCUT2D eigenvalue weighted by Gasteiger charge is -2.34. The van der Waals surface area contributed by atoms with Gasteiger partial charge in [-0.2, -0.15) is 0 Å². The minimum absolute atomic E-state index is 0.00718. The molecule has 1 fully saturated rings. The van der Waals surface area contributed by atoms with Crippen molar-refractivity contribution in [1.29, 1.82) is 0 Å². The second kappa shape index (κ2) is 10.9. The number of halogens is 1. The molecule has 0 radical (unpaired) electrons. The lowest BCUT2D eigenvalue weighted by molar-refractivity contribution is -0.128. The molecule has 2 aromatic rings. The number of para-hydroxylation sites is 1. The molecule has 164 valence electrons. The number of nitrogens with one attached hydrogen (secondary N) is 3. The lowest BCUT2D eigenvalue weighted by Crippen LogP contribution is -2.53. The fourth-order valence-electron chi connectivity index (χ4n) is 3.56. The molecule has 2 aromatic carbocycles. The number of rotatable bonds is 6. The van der Waals surface area contributed by atoms with E-state index in [1.165, 1.54) is 19.1 Å². The van der Waals surface area contributed by atoms with Crippen molar-refractivity contribution in [1.82, 2.24) is 15.5 Å². The van der Waals surface area contributed by atoms with Gasteiger partial charge in [-0.15, -0.1) is 0 Å². The van der Waals surface area contributed by atoms with Crippen LogP contribution in [0.1, 0.15) is 25.3 Å². The van der Waals surface area contributed by atoms with E-state index >= 15 is 0 Å². The molecule has 1 heterocycles. The molecule has 2 amide bonds. The van der Waals surface area contributed by atoms with Gasteiger partial charge < -0.3 is 20.9 Å². The molecule has 0 aromatic heterocycles. The van der Waals surface area contributed by atoms with E-state index in [9.17, 15) is 14.0 Å². The van der Waals surface area contributed by atoms with Crippen molar-refractivity contribution >= 4 is 34.8 Å². The van der Waals surface area contributed by atoms with Gasteiger partial charge in [0.15, 0.2) is 5.11 Å². The Balaban J connectivity index is 1.51. The van der Waals surface area contributed by atoms with E-state index in [2.05, 4.69) is 20.9 Å². The predicted molar refractivity (Wildman–Crippen MR) is 123 cm³/mol. The SMILES string of the molecule is CC(=O)NC(Cc1ccc(F)cc1)C(=O)NC1CCN(C(=S)Nc2ccccc2)CC1. The van der Waals surface area contributed by atoms with Crippen LogP contribution in [0.4, 0.5) is 10.1 Å². The van der Waals surface area contributed by atoms with Gasteiger partial charge in [-0.1, -0.05) is 30.3 Å². The number of carbonyl (C=O) groups is 2. The van der Waals surface area contributed by atoms with Crippen LogP contribution in [0.25, 0.3) is 0 Å². The minimum atomic E-state index is -0.707. The largest absolute Gasteiger partial charge is 0.351 e. The summed E-state index contributed by atoms with van der Waals surface area (Å²) in [5.41, 5.74) is 1.73. The number of carbonyl (C=O) groups excluding carboxylic acids is 2. The molecule has 1 atom stereocenters. The van der Waals surface area contributed by atoms with E-state index in [-0.39, 0.29) is 23.7 Å². The first-order valence-corrected chi connectivity index (χ1v) is 10.7. The van der Waals surface area contributed by atoms with Gasteiger partial charge in [0.05, 0.1) is 0 Å². The summed E-state index contributed by atoms with van der Waals surface area (Å²) in [5.74, 6) is -0.854. The first kappa shape index (κ1) is 22.7. The Labute approximate surface area is 187 Å². The molecule has 3 N–H and O–H groups in total. The van der Waals surface area contributed by atoms with Crippen LogP contribution < -0.4 is 16.0 Å². The second-order valence-corrected chi connectivity index (χ2v) is 8.04. The van der Waals surface area contributed by atoms with Crippen LogP contribution in [0.3, 0.4) is 0 Å². The lowest BCUT2D eigenvalue weighted by atomic mass is 10.0. The third kappa shape index (κ3) is 7.03. The third-order valence-corrected chi connectivity index (χ3v) is 5.56. The summed E-state index contributed by atoms with van der Waals surface area (Å²) in [4.78, 5) is 26.5. The molecule has 1 saturated heterocycles. The van der Waals surface area contributed by atoms with E-state index in [1.807, 2.05) is 30.3 Å². The maximum atomic E-state index is 13.1. The van der Waals surface area contributed by atoms with Crippen LogP contribution in [0.15, 0.2) is 54.6 Å². The van der Waals surface area contributed by atoms with Gasteiger partial charge in [-0.3, -0.25) is 9.59 Å². The van der Waals surface area contributed by atoms with Crippen LogP contribution in [0.2, 0.25) is 0 Å². The Morgan fingerprint density at radius 3 is 2.35 bits per heavy atom. The molecule has 1 aliphatic heterocycles. The minimum Gasteiger partial charge on any atom is -0.351 e. The Morgan fingerprint density at radius 1 is 1.10 bits per heavy atom. The van der Waals surface area contributed by atoms with Gasteiger partial charge in [-0.25, -0.2) is 4.39 Å². The van der Waals surface area contributed by atoms with Crippen molar-refractivity contribution in [3.05, 3.63) is 66.0 Å². The monoisotopic (exact) mass is 442 g/mol. The van der Waals surface area contributed by atoms with Gasteiger partial charge in [-0.05, 0) is 54.9 Å². The zero-order chi connectivity index (χ0) is 22.2. The molecule has 0 aliphatic carbocycles. The highest BCUT2D eigenvalue weighted by atomic mass is 32.1. The van der Waals surface area contributed by atoms with Crippen molar-refractivity contribution in [2.24, 2.45) is 0 Å². The molecule has 3 rings (SSSR count). The summed E-state index contributed by atoms with van der Waals surface area (Å²) in [7, 11) is 0. The maximum Gasteiger partial charge on any atom is 0.243 e. The Kier molecular flexibility index (Phi) is 7.94. The van der Waals surface area contributed by atoms with Gasteiger partial charge in [0.1, 0.15) is 11.9 Å². The van der Waals surface area contributed by atoms with Gasteiger partial charge in [0.25, 0.3) is 0 Å². The molecule has 1 aliphatic rings.